The molecule has 1 atom stereocenters. The zero-order valence-corrected chi connectivity index (χ0v) is 22.2. The van der Waals surface area contributed by atoms with Crippen LogP contribution in [0.15, 0.2) is 115 Å². The van der Waals surface area contributed by atoms with Gasteiger partial charge in [0.2, 0.25) is 0 Å². The summed E-state index contributed by atoms with van der Waals surface area (Å²) >= 11 is 6.22. The third kappa shape index (κ3) is 5.49. The Morgan fingerprint density at radius 2 is 1.08 bits per heavy atom. The minimum atomic E-state index is -3.68. The van der Waals surface area contributed by atoms with Crippen LogP contribution >= 0.6 is 19.2 Å². The van der Waals surface area contributed by atoms with Crippen molar-refractivity contribution in [3.05, 3.63) is 143 Å². The predicted octanol–water partition coefficient (Wildman–Crippen LogP) is 8.19. The van der Waals surface area contributed by atoms with Crippen LogP contribution < -0.4 is 5.32 Å². The molecule has 6 heteroatoms. The zero-order chi connectivity index (χ0) is 25.4. The second-order valence-electron chi connectivity index (χ2n) is 8.32. The first-order valence-electron chi connectivity index (χ1n) is 12.1. The third-order valence-electron chi connectivity index (χ3n) is 6.09. The minimum Gasteiger partial charge on any atom is -0.308 e. The molecule has 0 saturated heterocycles. The molecule has 1 N–H and O–H groups in total. The van der Waals surface area contributed by atoms with E-state index in [4.69, 9.17) is 20.6 Å². The van der Waals surface area contributed by atoms with Gasteiger partial charge in [-0.2, -0.15) is 0 Å². The second-order valence-corrected chi connectivity index (χ2v) is 10.9. The second kappa shape index (κ2) is 12.0. The van der Waals surface area contributed by atoms with Crippen molar-refractivity contribution in [2.45, 2.75) is 25.2 Å². The van der Waals surface area contributed by atoms with Gasteiger partial charge in [-0.1, -0.05) is 115 Å². The highest BCUT2D eigenvalue weighted by molar-refractivity contribution is 7.54. The molecule has 0 saturated carbocycles. The summed E-state index contributed by atoms with van der Waals surface area (Å²) < 4.78 is 26.2. The SMILES string of the molecule is CCOP(=O)(OCC)C(NC(c1ccccc1)(c1ccccc1)c1ccccc1)c1ccc(Cl)cc1. The normalized spacial score (nSPS) is 12.9. The topological polar surface area (TPSA) is 47.6 Å². The smallest absolute Gasteiger partial charge is 0.308 e. The molecule has 0 spiro atoms. The first-order valence-corrected chi connectivity index (χ1v) is 14.1. The van der Waals surface area contributed by atoms with E-state index in [2.05, 4.69) is 41.7 Å². The molecule has 4 nitrogen and oxygen atoms in total. The van der Waals surface area contributed by atoms with Crippen LogP contribution in [0.2, 0.25) is 5.02 Å². The van der Waals surface area contributed by atoms with E-state index in [1.807, 2.05) is 80.6 Å². The molecule has 4 aromatic carbocycles. The molecule has 0 aromatic heterocycles. The maximum absolute atomic E-state index is 14.4. The van der Waals surface area contributed by atoms with Gasteiger partial charge in [0.25, 0.3) is 0 Å². The zero-order valence-electron chi connectivity index (χ0n) is 20.5. The van der Waals surface area contributed by atoms with Crippen molar-refractivity contribution in [3.8, 4) is 0 Å². The predicted molar refractivity (Wildman–Crippen MR) is 147 cm³/mol. The Kier molecular flexibility index (Phi) is 8.79. The molecule has 4 aromatic rings. The number of halogens is 1. The van der Waals surface area contributed by atoms with E-state index in [9.17, 15) is 4.57 Å². The first kappa shape index (κ1) is 26.3. The van der Waals surface area contributed by atoms with Crippen LogP contribution in [0, 0.1) is 0 Å². The third-order valence-corrected chi connectivity index (χ3v) is 8.64. The standard InChI is InChI=1S/C30H31ClNO3P/c1-3-34-36(33,35-4-2)29(24-20-22-28(31)23-21-24)32-30(25-14-8-5-9-15-25,26-16-10-6-11-17-26)27-18-12-7-13-19-27/h5-23,29,32H,3-4H2,1-2H3. The lowest BCUT2D eigenvalue weighted by Gasteiger charge is -2.41. The monoisotopic (exact) mass is 519 g/mol. The van der Waals surface area contributed by atoms with Gasteiger partial charge in [-0.15, -0.1) is 0 Å². The fourth-order valence-corrected chi connectivity index (χ4v) is 6.66. The van der Waals surface area contributed by atoms with E-state index in [-0.39, 0.29) is 13.2 Å². The van der Waals surface area contributed by atoms with Crippen molar-refractivity contribution in [1.29, 1.82) is 0 Å². The Morgan fingerprint density at radius 1 is 0.694 bits per heavy atom. The van der Waals surface area contributed by atoms with Crippen molar-refractivity contribution >= 4 is 19.2 Å². The van der Waals surface area contributed by atoms with Crippen molar-refractivity contribution in [3.63, 3.8) is 0 Å². The van der Waals surface area contributed by atoms with E-state index in [1.165, 1.54) is 0 Å². The summed E-state index contributed by atoms with van der Waals surface area (Å²) in [4.78, 5) is 0. The van der Waals surface area contributed by atoms with Crippen molar-refractivity contribution < 1.29 is 13.6 Å². The van der Waals surface area contributed by atoms with E-state index < -0.39 is 18.9 Å². The molecule has 0 aliphatic carbocycles. The average Bonchev–Trinajstić information content (AvgIpc) is 2.92. The summed E-state index contributed by atoms with van der Waals surface area (Å²) in [5, 5.41) is 4.40. The first-order chi connectivity index (χ1) is 17.5. The van der Waals surface area contributed by atoms with Gasteiger partial charge in [-0.05, 0) is 48.2 Å². The maximum Gasteiger partial charge on any atom is 0.351 e. The van der Waals surface area contributed by atoms with Gasteiger partial charge in [-0.3, -0.25) is 9.88 Å². The molecule has 0 fully saturated rings. The molecule has 0 aliphatic heterocycles. The fourth-order valence-electron chi connectivity index (χ4n) is 4.56. The van der Waals surface area contributed by atoms with Gasteiger partial charge in [-0.25, -0.2) is 0 Å². The summed E-state index contributed by atoms with van der Waals surface area (Å²) in [5.74, 6) is -0.782. The molecule has 0 aliphatic rings. The van der Waals surface area contributed by atoms with E-state index >= 15 is 0 Å². The molecule has 0 heterocycles. The van der Waals surface area contributed by atoms with Crippen molar-refractivity contribution in [1.82, 2.24) is 5.32 Å². The Morgan fingerprint density at radius 3 is 1.44 bits per heavy atom. The number of nitrogens with one attached hydrogen (secondary N) is 1. The highest BCUT2D eigenvalue weighted by atomic mass is 35.5. The van der Waals surface area contributed by atoms with Gasteiger partial charge in [0.15, 0.2) is 0 Å². The van der Waals surface area contributed by atoms with E-state index in [1.54, 1.807) is 12.1 Å². The Bertz CT molecular complexity index is 1160. The van der Waals surface area contributed by atoms with Crippen LogP contribution in [0.3, 0.4) is 0 Å². The number of hydrogen-bond acceptors (Lipinski definition) is 4. The lowest BCUT2D eigenvalue weighted by Crippen LogP contribution is -2.46. The van der Waals surface area contributed by atoms with Crippen LogP contribution in [-0.4, -0.2) is 13.2 Å². The molecule has 1 unspecified atom stereocenters. The van der Waals surface area contributed by atoms with Gasteiger partial charge in [0.1, 0.15) is 5.78 Å². The highest BCUT2D eigenvalue weighted by Crippen LogP contribution is 2.61. The van der Waals surface area contributed by atoms with Crippen molar-refractivity contribution in [2.24, 2.45) is 0 Å². The Balaban J connectivity index is 2.02. The number of benzene rings is 4. The van der Waals surface area contributed by atoms with Crippen LogP contribution in [0.5, 0.6) is 0 Å². The van der Waals surface area contributed by atoms with Crippen LogP contribution in [0.25, 0.3) is 0 Å². The summed E-state index contributed by atoms with van der Waals surface area (Å²) in [6.07, 6.45) is 0. The Hall–Kier alpha value is -2.72. The molecule has 0 radical (unpaired) electrons. The molecular weight excluding hydrogens is 489 g/mol. The maximum atomic E-state index is 14.4. The van der Waals surface area contributed by atoms with E-state index in [0.717, 1.165) is 22.3 Å². The highest BCUT2D eigenvalue weighted by Gasteiger charge is 2.45. The number of rotatable bonds is 11. The molecule has 4 rings (SSSR count). The van der Waals surface area contributed by atoms with Gasteiger partial charge in [0, 0.05) is 5.02 Å². The summed E-state index contributed by atoms with van der Waals surface area (Å²) in [6, 6.07) is 37.9. The largest absolute Gasteiger partial charge is 0.351 e. The number of hydrogen-bond donors (Lipinski definition) is 1. The molecule has 0 bridgehead atoms. The van der Waals surface area contributed by atoms with Gasteiger partial charge in [0.05, 0.1) is 18.8 Å². The average molecular weight is 520 g/mol. The van der Waals surface area contributed by atoms with Crippen molar-refractivity contribution in [2.75, 3.05) is 13.2 Å². The molecule has 36 heavy (non-hydrogen) atoms. The van der Waals surface area contributed by atoms with Gasteiger partial charge < -0.3 is 9.05 Å². The fraction of sp³-hybridized carbons (Fsp3) is 0.200. The van der Waals surface area contributed by atoms with Gasteiger partial charge >= 0.3 is 7.60 Å². The quantitative estimate of drug-likeness (QED) is 0.160. The minimum absolute atomic E-state index is 0.248. The molecule has 186 valence electrons. The van der Waals surface area contributed by atoms with E-state index in [0.29, 0.717) is 5.02 Å². The van der Waals surface area contributed by atoms with Crippen LogP contribution in [-0.2, 0) is 19.2 Å². The lowest BCUT2D eigenvalue weighted by molar-refractivity contribution is 0.203. The summed E-state index contributed by atoms with van der Waals surface area (Å²) in [7, 11) is -3.68. The van der Waals surface area contributed by atoms with Crippen LogP contribution in [0.4, 0.5) is 0 Å². The molecular formula is C30H31ClNO3P. The summed E-state index contributed by atoms with van der Waals surface area (Å²) in [5.41, 5.74) is 2.90. The Labute approximate surface area is 218 Å². The molecule has 0 amide bonds. The van der Waals surface area contributed by atoms with Crippen LogP contribution in [0.1, 0.15) is 41.9 Å². The lowest BCUT2D eigenvalue weighted by atomic mass is 9.77. The summed E-state index contributed by atoms with van der Waals surface area (Å²) in [6.45, 7) is 4.14.